The highest BCUT2D eigenvalue weighted by Gasteiger charge is 2.30. The molecule has 1 aliphatic heterocycles. The Morgan fingerprint density at radius 2 is 1.84 bits per heavy atom. The van der Waals surface area contributed by atoms with Crippen molar-refractivity contribution in [2.75, 3.05) is 26.2 Å². The minimum Gasteiger partial charge on any atom is -0.312 e. The van der Waals surface area contributed by atoms with Crippen LogP contribution in [0.25, 0.3) is 0 Å². The van der Waals surface area contributed by atoms with Crippen LogP contribution in [0.15, 0.2) is 0 Å². The molecule has 112 valence electrons. The van der Waals surface area contributed by atoms with E-state index in [4.69, 9.17) is 0 Å². The molecule has 0 spiro atoms. The maximum absolute atomic E-state index is 3.84. The van der Waals surface area contributed by atoms with Crippen LogP contribution in [0.4, 0.5) is 0 Å². The molecule has 0 amide bonds. The largest absolute Gasteiger partial charge is 0.312 e. The molecule has 2 nitrogen and oxygen atoms in total. The smallest absolute Gasteiger partial charge is 0.0223 e. The minimum atomic E-state index is 0.758. The molecule has 1 saturated heterocycles. The van der Waals surface area contributed by atoms with Crippen molar-refractivity contribution in [3.05, 3.63) is 0 Å². The fourth-order valence-corrected chi connectivity index (χ4v) is 3.92. The van der Waals surface area contributed by atoms with Gasteiger partial charge in [0.1, 0.15) is 0 Å². The molecule has 1 heterocycles. The third kappa shape index (κ3) is 4.46. The van der Waals surface area contributed by atoms with Gasteiger partial charge in [0.25, 0.3) is 0 Å². The number of nitrogens with zero attached hydrogens (tertiary/aromatic N) is 1. The zero-order valence-electron chi connectivity index (χ0n) is 13.3. The quantitative estimate of drug-likeness (QED) is 0.758. The maximum Gasteiger partial charge on any atom is 0.0223 e. The minimum absolute atomic E-state index is 0.758. The summed E-state index contributed by atoms with van der Waals surface area (Å²) in [5.74, 6) is 2.75. The summed E-state index contributed by atoms with van der Waals surface area (Å²) in [5.41, 5.74) is 0. The van der Waals surface area contributed by atoms with E-state index in [-0.39, 0.29) is 0 Å². The van der Waals surface area contributed by atoms with Gasteiger partial charge in [0.05, 0.1) is 0 Å². The lowest BCUT2D eigenvalue weighted by Crippen LogP contribution is -2.44. The van der Waals surface area contributed by atoms with E-state index in [0.29, 0.717) is 0 Å². The van der Waals surface area contributed by atoms with Crippen LogP contribution in [0.3, 0.4) is 0 Å². The zero-order valence-corrected chi connectivity index (χ0v) is 13.3. The van der Waals surface area contributed by atoms with Crippen molar-refractivity contribution < 1.29 is 0 Å². The van der Waals surface area contributed by atoms with Gasteiger partial charge in [-0.25, -0.2) is 0 Å². The lowest BCUT2D eigenvalue weighted by molar-refractivity contribution is 0.229. The van der Waals surface area contributed by atoms with E-state index in [1.807, 2.05) is 0 Å². The van der Waals surface area contributed by atoms with Crippen LogP contribution in [0.5, 0.6) is 0 Å². The monoisotopic (exact) mass is 266 g/mol. The molecule has 2 atom stereocenters. The number of rotatable bonds is 7. The molecule has 2 aliphatic rings. The fraction of sp³-hybridized carbons (Fsp3) is 1.00. The molecule has 0 aromatic carbocycles. The van der Waals surface area contributed by atoms with E-state index in [0.717, 1.165) is 23.8 Å². The molecule has 2 rings (SSSR count). The summed E-state index contributed by atoms with van der Waals surface area (Å²) >= 11 is 0. The van der Waals surface area contributed by atoms with E-state index in [2.05, 4.69) is 31.0 Å². The fourth-order valence-electron chi connectivity index (χ4n) is 3.92. The van der Waals surface area contributed by atoms with E-state index in [1.165, 1.54) is 64.7 Å². The first kappa shape index (κ1) is 15.3. The Labute approximate surface area is 120 Å². The van der Waals surface area contributed by atoms with Gasteiger partial charge in [0.15, 0.2) is 0 Å². The van der Waals surface area contributed by atoms with Gasteiger partial charge in [0, 0.05) is 19.1 Å². The summed E-state index contributed by atoms with van der Waals surface area (Å²) < 4.78 is 0. The Morgan fingerprint density at radius 3 is 2.42 bits per heavy atom. The predicted molar refractivity (Wildman–Crippen MR) is 83.4 cm³/mol. The van der Waals surface area contributed by atoms with Crippen LogP contribution >= 0.6 is 0 Å². The first-order valence-electron chi connectivity index (χ1n) is 8.66. The van der Waals surface area contributed by atoms with E-state index >= 15 is 0 Å². The maximum atomic E-state index is 3.84. The van der Waals surface area contributed by atoms with Crippen molar-refractivity contribution in [1.29, 1.82) is 0 Å². The second-order valence-electron chi connectivity index (χ2n) is 7.16. The van der Waals surface area contributed by atoms with Gasteiger partial charge in [-0.2, -0.15) is 0 Å². The molecular formula is C17H34N2. The van der Waals surface area contributed by atoms with Crippen molar-refractivity contribution in [1.82, 2.24) is 10.2 Å². The highest BCUT2D eigenvalue weighted by molar-refractivity contribution is 4.86. The molecule has 0 aromatic heterocycles. The third-order valence-electron chi connectivity index (χ3n) is 5.33. The highest BCUT2D eigenvalue weighted by Crippen LogP contribution is 2.30. The Bertz CT molecular complexity index is 246. The summed E-state index contributed by atoms with van der Waals surface area (Å²) in [6.45, 7) is 12.2. The second-order valence-corrected chi connectivity index (χ2v) is 7.16. The number of hydrogen-bond acceptors (Lipinski definition) is 2. The Kier molecular flexibility index (Phi) is 6.15. The first-order chi connectivity index (χ1) is 9.20. The van der Waals surface area contributed by atoms with E-state index in [9.17, 15) is 0 Å². The standard InChI is InChI=1S/C17H34N2/c1-4-10-18-17(15-7-5-6-8-15)13-19-11-9-16(12-19)14(2)3/h14-18H,4-13H2,1-3H3. The average molecular weight is 266 g/mol. The molecule has 1 N–H and O–H groups in total. The lowest BCUT2D eigenvalue weighted by atomic mass is 9.95. The third-order valence-corrected chi connectivity index (χ3v) is 5.33. The lowest BCUT2D eigenvalue weighted by Gasteiger charge is -2.29. The first-order valence-corrected chi connectivity index (χ1v) is 8.66. The molecule has 1 saturated carbocycles. The number of likely N-dealkylation sites (tertiary alicyclic amines) is 1. The van der Waals surface area contributed by atoms with E-state index < -0.39 is 0 Å². The van der Waals surface area contributed by atoms with Crippen LogP contribution < -0.4 is 5.32 Å². The summed E-state index contributed by atoms with van der Waals surface area (Å²) in [4.78, 5) is 2.73. The van der Waals surface area contributed by atoms with Gasteiger partial charge in [-0.15, -0.1) is 0 Å². The van der Waals surface area contributed by atoms with Crippen LogP contribution in [0.1, 0.15) is 59.3 Å². The number of hydrogen-bond donors (Lipinski definition) is 1. The summed E-state index contributed by atoms with van der Waals surface area (Å²) in [6, 6.07) is 0.758. The molecule has 0 aromatic rings. The molecule has 0 bridgehead atoms. The Balaban J connectivity index is 1.81. The van der Waals surface area contributed by atoms with Gasteiger partial charge in [-0.05, 0) is 56.5 Å². The normalized spacial score (nSPS) is 27.5. The van der Waals surface area contributed by atoms with Crippen molar-refractivity contribution >= 4 is 0 Å². The molecule has 0 radical (unpaired) electrons. The highest BCUT2D eigenvalue weighted by atomic mass is 15.2. The number of nitrogens with one attached hydrogen (secondary N) is 1. The van der Waals surface area contributed by atoms with E-state index in [1.54, 1.807) is 0 Å². The molecule has 19 heavy (non-hydrogen) atoms. The summed E-state index contributed by atoms with van der Waals surface area (Å²) in [6.07, 6.45) is 8.53. The zero-order chi connectivity index (χ0) is 13.7. The molecular weight excluding hydrogens is 232 g/mol. The van der Waals surface area contributed by atoms with Gasteiger partial charge in [0.2, 0.25) is 0 Å². The van der Waals surface area contributed by atoms with Crippen molar-refractivity contribution in [3.8, 4) is 0 Å². The van der Waals surface area contributed by atoms with Crippen LogP contribution in [0, 0.1) is 17.8 Å². The molecule has 2 fully saturated rings. The van der Waals surface area contributed by atoms with Crippen LogP contribution in [0.2, 0.25) is 0 Å². The van der Waals surface area contributed by atoms with Gasteiger partial charge >= 0.3 is 0 Å². The van der Waals surface area contributed by atoms with Gasteiger partial charge in [-0.1, -0.05) is 33.6 Å². The summed E-state index contributed by atoms with van der Waals surface area (Å²) in [7, 11) is 0. The van der Waals surface area contributed by atoms with Crippen molar-refractivity contribution in [3.63, 3.8) is 0 Å². The Hall–Kier alpha value is -0.0800. The van der Waals surface area contributed by atoms with Crippen LogP contribution in [-0.2, 0) is 0 Å². The summed E-state index contributed by atoms with van der Waals surface area (Å²) in [5, 5.41) is 3.84. The molecule has 2 unspecified atom stereocenters. The van der Waals surface area contributed by atoms with Crippen molar-refractivity contribution in [2.24, 2.45) is 17.8 Å². The van der Waals surface area contributed by atoms with Crippen molar-refractivity contribution in [2.45, 2.75) is 65.3 Å². The topological polar surface area (TPSA) is 15.3 Å². The van der Waals surface area contributed by atoms with Gasteiger partial charge < -0.3 is 10.2 Å². The Morgan fingerprint density at radius 1 is 1.11 bits per heavy atom. The molecule has 2 heteroatoms. The van der Waals surface area contributed by atoms with Crippen LogP contribution in [-0.4, -0.2) is 37.1 Å². The second kappa shape index (κ2) is 7.64. The average Bonchev–Trinajstić information content (AvgIpc) is 3.05. The molecule has 1 aliphatic carbocycles. The SMILES string of the molecule is CCCNC(CN1CCC(C(C)C)C1)C1CCCC1. The predicted octanol–water partition coefficient (Wildman–Crippen LogP) is 3.52. The van der Waals surface area contributed by atoms with Gasteiger partial charge in [-0.3, -0.25) is 0 Å².